The molecule has 8 nitrogen and oxygen atoms in total. The van der Waals surface area contributed by atoms with E-state index >= 15 is 0 Å². The lowest BCUT2D eigenvalue weighted by atomic mass is 9.81. The van der Waals surface area contributed by atoms with Crippen LogP contribution in [0.25, 0.3) is 44.3 Å². The van der Waals surface area contributed by atoms with Crippen LogP contribution in [0.5, 0.6) is 11.5 Å². The standard InChI is InChI=1S/C34H36N6O2/c1-4-5-6-7-8-11-22(25-16-20(2)18-27(33(25)41)23-12-9-14-29-31(23)37-39-35-29)26-17-21(3)19-28(34(26)42)24-13-10-15-30-32(24)38-40-36-30/h9-10,12-19,22,41-42H,4-8,11H2,1-3H3,(H,35,37,39)(H,36,38,40). The van der Waals surface area contributed by atoms with E-state index in [1.54, 1.807) is 0 Å². The average molecular weight is 561 g/mol. The Balaban J connectivity index is 1.52. The summed E-state index contributed by atoms with van der Waals surface area (Å²) in [4.78, 5) is 0. The highest BCUT2D eigenvalue weighted by Gasteiger charge is 2.26. The van der Waals surface area contributed by atoms with Gasteiger partial charge in [0.2, 0.25) is 0 Å². The number of hydrogen-bond acceptors (Lipinski definition) is 6. The molecular formula is C34H36N6O2. The first-order valence-electron chi connectivity index (χ1n) is 14.7. The number of aromatic nitrogens is 6. The molecule has 4 N–H and O–H groups in total. The van der Waals surface area contributed by atoms with Gasteiger partial charge in [-0.25, -0.2) is 0 Å². The molecule has 0 unspecified atom stereocenters. The average Bonchev–Trinajstić information content (AvgIpc) is 3.67. The maximum atomic E-state index is 11.9. The molecule has 0 atom stereocenters. The highest BCUT2D eigenvalue weighted by molar-refractivity contribution is 5.95. The van der Waals surface area contributed by atoms with E-state index < -0.39 is 0 Å². The highest BCUT2D eigenvalue weighted by atomic mass is 16.3. The number of unbranched alkanes of at least 4 members (excludes halogenated alkanes) is 4. The molecular weight excluding hydrogens is 524 g/mol. The quantitative estimate of drug-likeness (QED) is 0.126. The van der Waals surface area contributed by atoms with E-state index in [0.717, 1.165) is 63.7 Å². The molecule has 6 aromatic rings. The second kappa shape index (κ2) is 11.6. The van der Waals surface area contributed by atoms with Crippen molar-refractivity contribution in [2.75, 3.05) is 0 Å². The number of rotatable bonds is 10. The molecule has 2 aromatic heterocycles. The lowest BCUT2D eigenvalue weighted by molar-refractivity contribution is 0.449. The second-order valence-electron chi connectivity index (χ2n) is 11.2. The maximum Gasteiger partial charge on any atom is 0.127 e. The van der Waals surface area contributed by atoms with Crippen LogP contribution in [0.2, 0.25) is 0 Å². The summed E-state index contributed by atoms with van der Waals surface area (Å²) in [6, 6.07) is 19.7. The number of aryl methyl sites for hydroxylation is 2. The lowest BCUT2D eigenvalue weighted by Gasteiger charge is -2.24. The zero-order valence-electron chi connectivity index (χ0n) is 24.3. The summed E-state index contributed by atoms with van der Waals surface area (Å²) in [5.74, 6) is 0.184. The molecule has 0 amide bonds. The van der Waals surface area contributed by atoms with Crippen molar-refractivity contribution in [3.63, 3.8) is 0 Å². The van der Waals surface area contributed by atoms with E-state index in [2.05, 4.69) is 49.9 Å². The molecule has 42 heavy (non-hydrogen) atoms. The van der Waals surface area contributed by atoms with Crippen LogP contribution in [0.1, 0.15) is 73.6 Å². The molecule has 4 aromatic carbocycles. The number of aromatic amines is 2. The fourth-order valence-electron chi connectivity index (χ4n) is 6.16. The number of para-hydroxylation sites is 2. The summed E-state index contributed by atoms with van der Waals surface area (Å²) in [6.45, 7) is 6.30. The summed E-state index contributed by atoms with van der Waals surface area (Å²) in [5, 5.41) is 46.5. The third kappa shape index (κ3) is 5.09. The Morgan fingerprint density at radius 3 is 1.62 bits per heavy atom. The van der Waals surface area contributed by atoms with E-state index in [0.29, 0.717) is 22.2 Å². The number of benzene rings is 4. The minimum absolute atomic E-state index is 0.204. The van der Waals surface area contributed by atoms with Gasteiger partial charge in [-0.2, -0.15) is 30.8 Å². The van der Waals surface area contributed by atoms with Gasteiger partial charge < -0.3 is 10.2 Å². The topological polar surface area (TPSA) is 124 Å². The van der Waals surface area contributed by atoms with Crippen molar-refractivity contribution >= 4 is 22.1 Å². The summed E-state index contributed by atoms with van der Waals surface area (Å²) in [5.41, 5.74) is 9.59. The number of nitrogens with one attached hydrogen (secondary N) is 2. The Hall–Kier alpha value is -4.72. The van der Waals surface area contributed by atoms with Crippen LogP contribution in [-0.4, -0.2) is 41.0 Å². The van der Waals surface area contributed by atoms with Gasteiger partial charge in [0.25, 0.3) is 0 Å². The Morgan fingerprint density at radius 2 is 1.12 bits per heavy atom. The molecule has 0 fully saturated rings. The number of aromatic hydroxyl groups is 2. The molecule has 0 bridgehead atoms. The van der Waals surface area contributed by atoms with Crippen molar-refractivity contribution < 1.29 is 10.2 Å². The Morgan fingerprint density at radius 1 is 0.619 bits per heavy atom. The van der Waals surface area contributed by atoms with Crippen LogP contribution in [-0.2, 0) is 0 Å². The molecule has 2 heterocycles. The first kappa shape index (κ1) is 27.4. The minimum atomic E-state index is -0.225. The van der Waals surface area contributed by atoms with Crippen LogP contribution in [0.3, 0.4) is 0 Å². The number of hydrogen-bond donors (Lipinski definition) is 4. The molecule has 0 aliphatic carbocycles. The summed E-state index contributed by atoms with van der Waals surface area (Å²) in [7, 11) is 0. The van der Waals surface area contributed by atoms with Crippen molar-refractivity contribution in [1.29, 1.82) is 0 Å². The van der Waals surface area contributed by atoms with Gasteiger partial charge >= 0.3 is 0 Å². The van der Waals surface area contributed by atoms with E-state index in [-0.39, 0.29) is 17.4 Å². The van der Waals surface area contributed by atoms with Crippen molar-refractivity contribution in [3.05, 3.63) is 82.9 Å². The Bertz CT molecular complexity index is 1740. The van der Waals surface area contributed by atoms with Crippen LogP contribution in [0.15, 0.2) is 60.7 Å². The second-order valence-corrected chi connectivity index (χ2v) is 11.2. The molecule has 0 spiro atoms. The molecule has 0 saturated heterocycles. The fraction of sp³-hybridized carbons (Fsp3) is 0.294. The van der Waals surface area contributed by atoms with E-state index in [4.69, 9.17) is 0 Å². The lowest BCUT2D eigenvalue weighted by Crippen LogP contribution is -2.05. The van der Waals surface area contributed by atoms with Crippen LogP contribution in [0, 0.1) is 13.8 Å². The molecule has 0 saturated carbocycles. The predicted molar refractivity (Wildman–Crippen MR) is 167 cm³/mol. The van der Waals surface area contributed by atoms with Crippen molar-refractivity contribution in [1.82, 2.24) is 30.8 Å². The van der Waals surface area contributed by atoms with Gasteiger partial charge in [-0.1, -0.05) is 75.4 Å². The highest BCUT2D eigenvalue weighted by Crippen LogP contribution is 2.47. The smallest absolute Gasteiger partial charge is 0.127 e. The van der Waals surface area contributed by atoms with Crippen molar-refractivity contribution in [2.45, 2.75) is 65.2 Å². The van der Waals surface area contributed by atoms with Gasteiger partial charge in [0, 0.05) is 39.3 Å². The third-order valence-electron chi connectivity index (χ3n) is 8.19. The summed E-state index contributed by atoms with van der Waals surface area (Å²) < 4.78 is 0. The third-order valence-corrected chi connectivity index (χ3v) is 8.19. The van der Waals surface area contributed by atoms with Gasteiger partial charge in [0.15, 0.2) is 0 Å². The molecule has 0 aliphatic rings. The van der Waals surface area contributed by atoms with Gasteiger partial charge in [-0.05, 0) is 55.7 Å². The van der Waals surface area contributed by atoms with Gasteiger partial charge in [-0.15, -0.1) is 0 Å². The maximum absolute atomic E-state index is 11.9. The number of phenols is 2. The normalized spacial score (nSPS) is 11.7. The number of H-pyrrole nitrogens is 2. The van der Waals surface area contributed by atoms with Gasteiger partial charge in [-0.3, -0.25) is 0 Å². The fourth-order valence-corrected chi connectivity index (χ4v) is 6.16. The largest absolute Gasteiger partial charge is 0.507 e. The number of fused-ring (bicyclic) bond motifs is 2. The first-order valence-corrected chi connectivity index (χ1v) is 14.7. The molecule has 0 radical (unpaired) electrons. The SMILES string of the molecule is CCCCCCCC(c1cc(C)cc(-c2cccc3n[nH]nc23)c1O)c1cc(C)cc(-c2cccc3n[nH]nc23)c1O. The zero-order valence-corrected chi connectivity index (χ0v) is 24.3. The van der Waals surface area contributed by atoms with Gasteiger partial charge in [0.1, 0.15) is 33.6 Å². The molecule has 214 valence electrons. The van der Waals surface area contributed by atoms with Gasteiger partial charge in [0.05, 0.1) is 0 Å². The van der Waals surface area contributed by atoms with E-state index in [1.807, 2.05) is 62.4 Å². The zero-order chi connectivity index (χ0) is 29.2. The van der Waals surface area contributed by atoms with Crippen LogP contribution >= 0.6 is 0 Å². The molecule has 8 heteroatoms. The van der Waals surface area contributed by atoms with Crippen molar-refractivity contribution in [3.8, 4) is 33.8 Å². The Kier molecular flexibility index (Phi) is 7.61. The number of nitrogens with zero attached hydrogens (tertiary/aromatic N) is 4. The van der Waals surface area contributed by atoms with Crippen molar-refractivity contribution in [2.24, 2.45) is 0 Å². The van der Waals surface area contributed by atoms with E-state index in [9.17, 15) is 10.2 Å². The number of phenolic OH excluding ortho intramolecular Hbond substituents is 2. The van der Waals surface area contributed by atoms with Crippen LogP contribution in [0.4, 0.5) is 0 Å². The predicted octanol–water partition coefficient (Wildman–Crippen LogP) is 8.08. The minimum Gasteiger partial charge on any atom is -0.507 e. The molecule has 0 aliphatic heterocycles. The molecule has 6 rings (SSSR count). The monoisotopic (exact) mass is 560 g/mol. The first-order chi connectivity index (χ1) is 20.5. The van der Waals surface area contributed by atoms with Crippen LogP contribution < -0.4 is 0 Å². The summed E-state index contributed by atoms with van der Waals surface area (Å²) >= 11 is 0. The Labute approximate surface area is 244 Å². The van der Waals surface area contributed by atoms with E-state index in [1.165, 1.54) is 19.3 Å². The summed E-state index contributed by atoms with van der Waals surface area (Å²) in [6.07, 6.45) is 6.41.